The van der Waals surface area contributed by atoms with E-state index in [9.17, 15) is 9.59 Å². The second kappa shape index (κ2) is 8.12. The van der Waals surface area contributed by atoms with Gasteiger partial charge in [0.2, 0.25) is 0 Å². The fraction of sp³-hybridized carbons (Fsp3) is 0.105. The lowest BCUT2D eigenvalue weighted by molar-refractivity contribution is -0.137. The van der Waals surface area contributed by atoms with Gasteiger partial charge in [0.15, 0.2) is 5.01 Å². The largest absolute Gasteiger partial charge is 0.481 e. The summed E-state index contributed by atoms with van der Waals surface area (Å²) in [6.45, 7) is 0. The van der Waals surface area contributed by atoms with E-state index < -0.39 is 17.9 Å². The Morgan fingerprint density at radius 1 is 1.12 bits per heavy atom. The first-order chi connectivity index (χ1) is 12.5. The van der Waals surface area contributed by atoms with Crippen LogP contribution in [-0.2, 0) is 4.79 Å². The molecular formula is C19H15ClN2O3S. The number of benzene rings is 2. The molecule has 3 aromatic rings. The van der Waals surface area contributed by atoms with Gasteiger partial charge in [-0.2, -0.15) is 0 Å². The van der Waals surface area contributed by atoms with Crippen LogP contribution in [0.3, 0.4) is 0 Å². The molecule has 1 atom stereocenters. The van der Waals surface area contributed by atoms with Crippen molar-refractivity contribution in [1.29, 1.82) is 0 Å². The molecule has 26 heavy (non-hydrogen) atoms. The average molecular weight is 387 g/mol. The van der Waals surface area contributed by atoms with Gasteiger partial charge in [0.1, 0.15) is 0 Å². The van der Waals surface area contributed by atoms with Crippen LogP contribution in [0, 0.1) is 0 Å². The van der Waals surface area contributed by atoms with Crippen LogP contribution in [0.25, 0.3) is 11.3 Å². The van der Waals surface area contributed by atoms with Gasteiger partial charge in [-0.05, 0) is 17.7 Å². The van der Waals surface area contributed by atoms with Gasteiger partial charge in [0.25, 0.3) is 5.91 Å². The monoisotopic (exact) mass is 386 g/mol. The van der Waals surface area contributed by atoms with E-state index in [1.807, 2.05) is 30.3 Å². The zero-order valence-electron chi connectivity index (χ0n) is 13.6. The molecule has 2 N–H and O–H groups in total. The molecule has 0 aliphatic carbocycles. The van der Waals surface area contributed by atoms with Crippen LogP contribution in [0.1, 0.15) is 27.8 Å². The third kappa shape index (κ3) is 4.47. The Bertz CT molecular complexity index is 910. The molecule has 0 saturated carbocycles. The van der Waals surface area contributed by atoms with Crippen molar-refractivity contribution in [3.63, 3.8) is 0 Å². The predicted octanol–water partition coefficient (Wildman–Crippen LogP) is 4.41. The molecule has 0 fully saturated rings. The molecule has 0 saturated heterocycles. The van der Waals surface area contributed by atoms with E-state index in [2.05, 4.69) is 10.3 Å². The zero-order chi connectivity index (χ0) is 18.5. The van der Waals surface area contributed by atoms with E-state index >= 15 is 0 Å². The molecule has 0 aliphatic heterocycles. The molecular weight excluding hydrogens is 372 g/mol. The number of halogens is 1. The summed E-state index contributed by atoms with van der Waals surface area (Å²) in [5.41, 5.74) is 2.30. The molecule has 0 radical (unpaired) electrons. The van der Waals surface area contributed by atoms with Crippen molar-refractivity contribution in [2.24, 2.45) is 0 Å². The van der Waals surface area contributed by atoms with E-state index in [1.54, 1.807) is 29.6 Å². The average Bonchev–Trinajstić information content (AvgIpc) is 3.12. The summed E-state index contributed by atoms with van der Waals surface area (Å²) in [5, 5.41) is 14.5. The zero-order valence-corrected chi connectivity index (χ0v) is 15.1. The summed E-state index contributed by atoms with van der Waals surface area (Å²) >= 11 is 7.09. The molecule has 1 heterocycles. The molecule has 7 heteroatoms. The molecule has 0 spiro atoms. The highest BCUT2D eigenvalue weighted by Gasteiger charge is 2.21. The maximum atomic E-state index is 12.5. The summed E-state index contributed by atoms with van der Waals surface area (Å²) in [6.07, 6.45) is -0.232. The van der Waals surface area contributed by atoms with Crippen LogP contribution in [0.5, 0.6) is 0 Å². The van der Waals surface area contributed by atoms with Crippen LogP contribution >= 0.6 is 22.9 Å². The van der Waals surface area contributed by atoms with Gasteiger partial charge >= 0.3 is 5.97 Å². The van der Waals surface area contributed by atoms with E-state index in [4.69, 9.17) is 16.7 Å². The van der Waals surface area contributed by atoms with Gasteiger partial charge in [0.05, 0.1) is 18.2 Å². The van der Waals surface area contributed by atoms with Gasteiger partial charge in [-0.1, -0.05) is 54.1 Å². The quantitative estimate of drug-likeness (QED) is 0.657. The van der Waals surface area contributed by atoms with Crippen molar-refractivity contribution in [2.75, 3.05) is 0 Å². The number of amides is 1. The Morgan fingerprint density at radius 2 is 1.81 bits per heavy atom. The molecule has 5 nitrogen and oxygen atoms in total. The Kier molecular flexibility index (Phi) is 5.65. The number of carboxylic acids is 1. The highest BCUT2D eigenvalue weighted by molar-refractivity contribution is 7.12. The minimum absolute atomic E-state index is 0.232. The minimum Gasteiger partial charge on any atom is -0.481 e. The van der Waals surface area contributed by atoms with Gasteiger partial charge in [-0.15, -0.1) is 11.3 Å². The lowest BCUT2D eigenvalue weighted by Crippen LogP contribution is -2.30. The molecule has 1 amide bonds. The van der Waals surface area contributed by atoms with Crippen molar-refractivity contribution in [3.05, 3.63) is 75.6 Å². The van der Waals surface area contributed by atoms with Crippen LogP contribution in [0.4, 0.5) is 0 Å². The lowest BCUT2D eigenvalue weighted by Gasteiger charge is -2.16. The van der Waals surface area contributed by atoms with Gasteiger partial charge < -0.3 is 10.4 Å². The Labute approximate surface area is 159 Å². The van der Waals surface area contributed by atoms with E-state index in [0.717, 1.165) is 5.56 Å². The number of carbonyl (C=O) groups is 2. The third-order valence-corrected chi connectivity index (χ3v) is 4.82. The van der Waals surface area contributed by atoms with Crippen LogP contribution in [0.2, 0.25) is 5.02 Å². The summed E-state index contributed by atoms with van der Waals surface area (Å²) < 4.78 is 0. The predicted molar refractivity (Wildman–Crippen MR) is 101 cm³/mol. The fourth-order valence-corrected chi connectivity index (χ4v) is 3.32. The maximum Gasteiger partial charge on any atom is 0.305 e. The van der Waals surface area contributed by atoms with Crippen LogP contribution < -0.4 is 5.32 Å². The Balaban J connectivity index is 1.78. The molecule has 1 aromatic heterocycles. The molecule has 3 rings (SSSR count). The van der Waals surface area contributed by atoms with Crippen molar-refractivity contribution in [1.82, 2.24) is 10.3 Å². The Hall–Kier alpha value is -2.70. The number of hydrogen-bond acceptors (Lipinski definition) is 4. The summed E-state index contributed by atoms with van der Waals surface area (Å²) in [6, 6.07) is 15.6. The van der Waals surface area contributed by atoms with Crippen molar-refractivity contribution >= 4 is 34.8 Å². The second-order valence-electron chi connectivity index (χ2n) is 5.58. The van der Waals surface area contributed by atoms with E-state index in [1.165, 1.54) is 11.3 Å². The lowest BCUT2D eigenvalue weighted by atomic mass is 10.0. The van der Waals surface area contributed by atoms with Crippen LogP contribution in [-0.4, -0.2) is 22.0 Å². The highest BCUT2D eigenvalue weighted by Crippen LogP contribution is 2.24. The topological polar surface area (TPSA) is 79.3 Å². The molecule has 132 valence electrons. The smallest absolute Gasteiger partial charge is 0.305 e. The first-order valence-corrected chi connectivity index (χ1v) is 9.08. The number of rotatable bonds is 6. The summed E-state index contributed by atoms with van der Waals surface area (Å²) in [4.78, 5) is 28.1. The molecule has 2 aromatic carbocycles. The van der Waals surface area contributed by atoms with Crippen molar-refractivity contribution < 1.29 is 14.7 Å². The van der Waals surface area contributed by atoms with Gasteiger partial charge in [-0.25, -0.2) is 4.98 Å². The maximum absolute atomic E-state index is 12.5. The number of nitrogens with zero attached hydrogens (tertiary/aromatic N) is 1. The number of carbonyl (C=O) groups excluding carboxylic acids is 1. The Morgan fingerprint density at radius 3 is 2.46 bits per heavy atom. The first kappa shape index (κ1) is 18.1. The number of thiazole rings is 1. The number of hydrogen-bond donors (Lipinski definition) is 2. The standard InChI is InChI=1S/C19H15ClN2O3S/c20-14-8-6-13(7-9-14)15(10-17(23)24)21-18(25)19-22-16(11-26-19)12-4-2-1-3-5-12/h1-9,11,15H,10H2,(H,21,25)(H,23,24)/t15-/m0/s1. The molecule has 0 unspecified atom stereocenters. The third-order valence-electron chi connectivity index (χ3n) is 3.72. The summed E-state index contributed by atoms with van der Waals surface area (Å²) in [5.74, 6) is -1.41. The summed E-state index contributed by atoms with van der Waals surface area (Å²) in [7, 11) is 0. The minimum atomic E-state index is -1.01. The van der Waals surface area contributed by atoms with Crippen molar-refractivity contribution in [3.8, 4) is 11.3 Å². The van der Waals surface area contributed by atoms with Gasteiger partial charge in [0, 0.05) is 16.0 Å². The molecule has 0 bridgehead atoms. The van der Waals surface area contributed by atoms with Gasteiger partial charge in [-0.3, -0.25) is 9.59 Å². The first-order valence-electron chi connectivity index (χ1n) is 7.82. The van der Waals surface area contributed by atoms with E-state index in [0.29, 0.717) is 16.3 Å². The normalized spacial score (nSPS) is 11.7. The number of aromatic nitrogens is 1. The van der Waals surface area contributed by atoms with Crippen LogP contribution in [0.15, 0.2) is 60.0 Å². The van der Waals surface area contributed by atoms with Crippen molar-refractivity contribution in [2.45, 2.75) is 12.5 Å². The SMILES string of the molecule is O=C(O)C[C@H](NC(=O)c1nc(-c2ccccc2)cs1)c1ccc(Cl)cc1. The number of carboxylic acid groups (broad SMARTS) is 1. The number of aliphatic carboxylic acids is 1. The second-order valence-corrected chi connectivity index (χ2v) is 6.87. The molecule has 0 aliphatic rings. The number of nitrogens with one attached hydrogen (secondary N) is 1. The fourth-order valence-electron chi connectivity index (χ4n) is 2.46. The van der Waals surface area contributed by atoms with E-state index in [-0.39, 0.29) is 11.4 Å². The highest BCUT2D eigenvalue weighted by atomic mass is 35.5.